The number of ether oxygens (including phenoxy) is 2. The Morgan fingerprint density at radius 1 is 1.02 bits per heavy atom. The molecule has 1 N–H and O–H groups in total. The van der Waals surface area contributed by atoms with E-state index >= 15 is 0 Å². The van der Waals surface area contributed by atoms with Crippen LogP contribution in [0.1, 0.15) is 61.0 Å². The predicted molar refractivity (Wildman–Crippen MR) is 144 cm³/mol. The fourth-order valence-corrected chi connectivity index (χ4v) is 6.20. The van der Waals surface area contributed by atoms with Gasteiger partial charge in [-0.3, -0.25) is 18.9 Å². The van der Waals surface area contributed by atoms with Gasteiger partial charge in [0.15, 0.2) is 6.29 Å². The average molecular weight is 671 g/mol. The van der Waals surface area contributed by atoms with Crippen LogP contribution in [0.15, 0.2) is 47.3 Å². The Bertz CT molecular complexity index is 1520. The maximum absolute atomic E-state index is 13.8. The van der Waals surface area contributed by atoms with Gasteiger partial charge in [0.2, 0.25) is 0 Å². The van der Waals surface area contributed by atoms with Crippen molar-refractivity contribution in [2.45, 2.75) is 58.1 Å². The Balaban J connectivity index is 1.68. The molecule has 3 atom stereocenters. The van der Waals surface area contributed by atoms with E-state index in [1.807, 2.05) is 0 Å². The van der Waals surface area contributed by atoms with Gasteiger partial charge in [-0.1, -0.05) is 12.1 Å². The van der Waals surface area contributed by atoms with E-state index in [1.165, 1.54) is 19.1 Å². The zero-order valence-electron chi connectivity index (χ0n) is 24.2. The first-order valence-electron chi connectivity index (χ1n) is 13.7. The molecule has 10 nitrogen and oxygen atoms in total. The molecule has 1 aromatic heterocycles. The van der Waals surface area contributed by atoms with Crippen LogP contribution in [-0.4, -0.2) is 52.1 Å². The summed E-state index contributed by atoms with van der Waals surface area (Å²) >= 11 is 0. The van der Waals surface area contributed by atoms with Crippen LogP contribution in [0.2, 0.25) is 0 Å². The zero-order valence-corrected chi connectivity index (χ0v) is 25.1. The highest BCUT2D eigenvalue weighted by Crippen LogP contribution is 2.47. The topological polar surface area (TPSA) is 108 Å². The number of H-pyrrole nitrogens is 1. The van der Waals surface area contributed by atoms with Crippen molar-refractivity contribution in [2.75, 3.05) is 26.4 Å². The molecule has 1 aliphatic heterocycles. The zero-order chi connectivity index (χ0) is 33.2. The van der Waals surface area contributed by atoms with Crippen LogP contribution in [0.4, 0.5) is 30.7 Å². The maximum Gasteiger partial charge on any atom is 0.459 e. The van der Waals surface area contributed by atoms with Crippen LogP contribution in [-0.2, 0) is 42.0 Å². The molecule has 4 rings (SSSR count). The smallest absolute Gasteiger partial charge is 0.349 e. The molecule has 248 valence electrons. The van der Waals surface area contributed by atoms with Crippen molar-refractivity contribution < 1.29 is 53.8 Å². The second-order valence-electron chi connectivity index (χ2n) is 9.89. The van der Waals surface area contributed by atoms with Crippen LogP contribution in [0.3, 0.4) is 0 Å². The summed E-state index contributed by atoms with van der Waals surface area (Å²) in [7, 11) is -4.13. The van der Waals surface area contributed by atoms with E-state index in [9.17, 15) is 40.1 Å². The minimum Gasteiger partial charge on any atom is -0.349 e. The average Bonchev–Trinajstić information content (AvgIpc) is 3.33. The minimum atomic E-state index is -5.06. The minimum absolute atomic E-state index is 0.00714. The molecule has 1 aliphatic rings. The lowest BCUT2D eigenvalue weighted by Gasteiger charge is -2.41. The molecule has 0 spiro atoms. The van der Waals surface area contributed by atoms with Gasteiger partial charge in [-0.15, -0.1) is 9.55 Å². The van der Waals surface area contributed by atoms with Gasteiger partial charge in [0.05, 0.1) is 49.6 Å². The van der Waals surface area contributed by atoms with Crippen LogP contribution < -0.4 is 5.69 Å². The van der Waals surface area contributed by atoms with Crippen molar-refractivity contribution in [3.05, 3.63) is 86.8 Å². The molecule has 3 aromatic rings. The third-order valence-electron chi connectivity index (χ3n) is 6.76. The van der Waals surface area contributed by atoms with Gasteiger partial charge in [0, 0.05) is 6.54 Å². The van der Waals surface area contributed by atoms with Gasteiger partial charge in [0.25, 0.3) is 0 Å². The number of benzene rings is 2. The van der Waals surface area contributed by atoms with E-state index in [2.05, 4.69) is 10.1 Å². The Kier molecular flexibility index (Phi) is 10.6. The summed E-state index contributed by atoms with van der Waals surface area (Å²) < 4.78 is 131. The molecule has 1 fully saturated rings. The highest BCUT2D eigenvalue weighted by atomic mass is 31.2. The summed E-state index contributed by atoms with van der Waals surface area (Å²) in [6, 6.07) is 5.38. The number of nitrogens with one attached hydrogen (secondary N) is 1. The molecule has 0 radical (unpaired) electrons. The van der Waals surface area contributed by atoms with Crippen LogP contribution in [0.5, 0.6) is 0 Å². The third-order valence-corrected chi connectivity index (χ3v) is 8.66. The highest BCUT2D eigenvalue weighted by molar-refractivity contribution is 7.52. The molecule has 0 bridgehead atoms. The Hall–Kier alpha value is -3.08. The molecule has 2 aromatic carbocycles. The number of halogens is 7. The lowest BCUT2D eigenvalue weighted by Crippen LogP contribution is -2.46. The summed E-state index contributed by atoms with van der Waals surface area (Å²) in [5, 5.41) is 4.09. The molecular weight excluding hydrogens is 640 g/mol. The fourth-order valence-electron chi connectivity index (χ4n) is 4.76. The molecule has 0 aliphatic carbocycles. The Morgan fingerprint density at radius 2 is 1.60 bits per heavy atom. The van der Waals surface area contributed by atoms with E-state index in [0.717, 1.165) is 12.1 Å². The number of aromatic amines is 1. The van der Waals surface area contributed by atoms with E-state index in [0.29, 0.717) is 22.1 Å². The molecule has 2 heterocycles. The first-order valence-corrected chi connectivity index (χ1v) is 15.2. The van der Waals surface area contributed by atoms with Crippen molar-refractivity contribution in [2.24, 2.45) is 0 Å². The van der Waals surface area contributed by atoms with Gasteiger partial charge in [0.1, 0.15) is 11.6 Å². The predicted octanol–water partition coefficient (Wildman–Crippen LogP) is 6.45. The number of hydrogen-bond acceptors (Lipinski definition) is 8. The lowest BCUT2D eigenvalue weighted by atomic mass is 10.0. The second-order valence-corrected chi connectivity index (χ2v) is 11.7. The molecule has 0 saturated carbocycles. The van der Waals surface area contributed by atoms with Gasteiger partial charge >= 0.3 is 25.8 Å². The number of aromatic nitrogens is 3. The van der Waals surface area contributed by atoms with Crippen molar-refractivity contribution in [3.8, 4) is 0 Å². The van der Waals surface area contributed by atoms with Crippen LogP contribution in [0, 0.1) is 5.82 Å². The van der Waals surface area contributed by atoms with E-state index < -0.39 is 66.7 Å². The monoisotopic (exact) mass is 670 g/mol. The van der Waals surface area contributed by atoms with E-state index in [1.54, 1.807) is 18.7 Å². The molecule has 45 heavy (non-hydrogen) atoms. The lowest BCUT2D eigenvalue weighted by molar-refractivity contribution is -0.231. The van der Waals surface area contributed by atoms with E-state index in [-0.39, 0.29) is 44.8 Å². The largest absolute Gasteiger partial charge is 0.459 e. The SMILES string of the molecule is CCOP(=O)(OCC)n1nc(CN2CCO[C@H](O[C@H](C)c3cc(C(F)(F)F)cc(C(F)(F)F)c3)[C@@H]2c2ccc(F)cc2)[nH]c1=O. The van der Waals surface area contributed by atoms with Crippen molar-refractivity contribution in [1.82, 2.24) is 19.4 Å². The van der Waals surface area contributed by atoms with Gasteiger partial charge in [-0.25, -0.2) is 13.8 Å². The van der Waals surface area contributed by atoms with Crippen LogP contribution >= 0.6 is 7.75 Å². The van der Waals surface area contributed by atoms with Crippen molar-refractivity contribution >= 4 is 7.75 Å². The van der Waals surface area contributed by atoms with Crippen molar-refractivity contribution in [3.63, 3.8) is 0 Å². The molecule has 1 saturated heterocycles. The summed E-state index contributed by atoms with van der Waals surface area (Å²) in [6.45, 7) is 4.34. The van der Waals surface area contributed by atoms with Crippen molar-refractivity contribution in [1.29, 1.82) is 0 Å². The number of nitrogens with zero attached hydrogens (tertiary/aromatic N) is 3. The number of rotatable bonds is 11. The van der Waals surface area contributed by atoms with Crippen LogP contribution in [0.25, 0.3) is 0 Å². The molecule has 18 heteroatoms. The van der Waals surface area contributed by atoms with Gasteiger partial charge < -0.3 is 9.47 Å². The Labute approximate surface area is 252 Å². The first-order chi connectivity index (χ1) is 21.1. The quantitative estimate of drug-likeness (QED) is 0.183. The molecule has 0 unspecified atom stereocenters. The number of alkyl halides is 6. The first kappa shape index (κ1) is 34.8. The fraction of sp³-hybridized carbons (Fsp3) is 0.481. The molecule has 0 amide bonds. The standard InChI is InChI=1S/C27H30F7N4O6P/c1-4-42-45(40,43-5-2)38-25(39)35-22(36-38)15-37-10-11-41-24(23(37)17-6-8-21(28)9-7-17)44-16(3)18-12-19(26(29,30)31)14-20(13-18)27(32,33)34/h6-9,12-14,16,23-24H,4-5,10-11,15H2,1-3H3,(H,35,36,39)/t16-,23+,24-/m1/s1. The number of morpholine rings is 1. The highest BCUT2D eigenvalue weighted by Gasteiger charge is 2.40. The second kappa shape index (κ2) is 13.7. The summed E-state index contributed by atoms with van der Waals surface area (Å²) in [4.78, 5) is 16.8. The maximum atomic E-state index is 13.8. The van der Waals surface area contributed by atoms with Gasteiger partial charge in [-0.2, -0.15) is 26.3 Å². The summed E-state index contributed by atoms with van der Waals surface area (Å²) in [5.41, 5.74) is -3.86. The summed E-state index contributed by atoms with van der Waals surface area (Å²) in [5.74, 6) is -0.546. The normalized spacial score (nSPS) is 19.2. The Morgan fingerprint density at radius 3 is 2.13 bits per heavy atom. The van der Waals surface area contributed by atoms with Gasteiger partial charge in [-0.05, 0) is 62.2 Å². The number of hydrogen-bond donors (Lipinski definition) is 1. The summed E-state index contributed by atoms with van der Waals surface area (Å²) in [6.07, 6.45) is -12.7. The molecular formula is C27H30F7N4O6P. The van der Waals surface area contributed by atoms with E-state index in [4.69, 9.17) is 18.5 Å². The third kappa shape index (κ3) is 8.20.